The van der Waals surface area contributed by atoms with Gasteiger partial charge >= 0.3 is 5.97 Å². The van der Waals surface area contributed by atoms with Crippen LogP contribution in [0.5, 0.6) is 0 Å². The monoisotopic (exact) mass is 222 g/mol. The van der Waals surface area contributed by atoms with Crippen molar-refractivity contribution < 1.29 is 9.90 Å². The summed E-state index contributed by atoms with van der Waals surface area (Å²) in [5.74, 6) is 0.772. The molecule has 1 N–H and O–H groups in total. The van der Waals surface area contributed by atoms with Crippen molar-refractivity contribution in [2.75, 3.05) is 5.75 Å². The van der Waals surface area contributed by atoms with E-state index in [9.17, 15) is 4.79 Å². The Hall–Kier alpha value is -0.960. The highest BCUT2D eigenvalue weighted by molar-refractivity contribution is 7.99. The maximum Gasteiger partial charge on any atom is 0.303 e. The lowest BCUT2D eigenvalue weighted by Gasteiger charge is -2.09. The van der Waals surface area contributed by atoms with Crippen LogP contribution in [0.3, 0.4) is 0 Å². The first-order valence-electron chi connectivity index (χ1n) is 5.12. The van der Waals surface area contributed by atoms with Gasteiger partial charge in [-0.05, 0) is 30.9 Å². The van der Waals surface area contributed by atoms with Gasteiger partial charge in [-0.3, -0.25) is 4.79 Å². The number of hydrogen-bond acceptors (Lipinski definition) is 2. The van der Waals surface area contributed by atoms with Gasteiger partial charge in [-0.15, -0.1) is 11.8 Å². The Morgan fingerprint density at radius 2 is 2.40 bits per heavy atom. The van der Waals surface area contributed by atoms with Crippen molar-refractivity contribution in [3.8, 4) is 0 Å². The number of carboxylic acids is 1. The average molecular weight is 222 g/mol. The van der Waals surface area contributed by atoms with Crippen LogP contribution in [-0.4, -0.2) is 16.8 Å². The summed E-state index contributed by atoms with van der Waals surface area (Å²) < 4.78 is 0. The summed E-state index contributed by atoms with van der Waals surface area (Å²) in [6.07, 6.45) is 1.04. The van der Waals surface area contributed by atoms with Crippen LogP contribution < -0.4 is 0 Å². The lowest BCUT2D eigenvalue weighted by Crippen LogP contribution is -2.02. The van der Waals surface area contributed by atoms with Crippen LogP contribution in [0, 0.1) is 6.92 Å². The van der Waals surface area contributed by atoms with Gasteiger partial charge in [0, 0.05) is 17.1 Å². The molecule has 80 valence electrons. The molecule has 0 radical (unpaired) electrons. The molecule has 0 fully saturated rings. The maximum atomic E-state index is 10.5. The number of carbonyl (C=O) groups is 1. The normalized spacial score (nSPS) is 18.9. The zero-order valence-corrected chi connectivity index (χ0v) is 9.51. The fourth-order valence-corrected chi connectivity index (χ4v) is 3.22. The molecule has 1 atom stereocenters. The van der Waals surface area contributed by atoms with Crippen LogP contribution in [0.25, 0.3) is 0 Å². The van der Waals surface area contributed by atoms with Crippen molar-refractivity contribution in [2.45, 2.75) is 30.6 Å². The van der Waals surface area contributed by atoms with E-state index in [0.29, 0.717) is 5.92 Å². The van der Waals surface area contributed by atoms with E-state index < -0.39 is 5.97 Å². The fraction of sp³-hybridized carbons (Fsp3) is 0.417. The fourth-order valence-electron chi connectivity index (χ4n) is 1.94. The van der Waals surface area contributed by atoms with Crippen LogP contribution in [-0.2, 0) is 4.79 Å². The molecule has 1 heterocycles. The largest absolute Gasteiger partial charge is 0.481 e. The molecular formula is C12H14O2S. The summed E-state index contributed by atoms with van der Waals surface area (Å²) in [4.78, 5) is 11.9. The molecule has 3 heteroatoms. The number of fused-ring (bicyclic) bond motifs is 1. The van der Waals surface area contributed by atoms with E-state index in [-0.39, 0.29) is 6.42 Å². The second-order valence-corrected chi connectivity index (χ2v) is 5.04. The molecule has 1 aliphatic heterocycles. The summed E-state index contributed by atoms with van der Waals surface area (Å²) in [5, 5.41) is 8.67. The molecule has 0 amide bonds. The molecule has 1 aliphatic rings. The van der Waals surface area contributed by atoms with E-state index in [4.69, 9.17) is 5.11 Å². The minimum absolute atomic E-state index is 0.276. The Kier molecular flexibility index (Phi) is 3.00. The van der Waals surface area contributed by atoms with Crippen LogP contribution in [0.1, 0.15) is 29.9 Å². The predicted octanol–water partition coefficient (Wildman–Crippen LogP) is 3.05. The number of aliphatic carboxylic acids is 1. The Bertz CT molecular complexity index is 387. The highest BCUT2D eigenvalue weighted by atomic mass is 32.2. The molecule has 0 aromatic heterocycles. The summed E-state index contributed by atoms with van der Waals surface area (Å²) in [6, 6.07) is 6.46. The standard InChI is InChI=1S/C12H14O2S/c1-8-2-4-11-10(6-8)9(7-15-11)3-5-12(13)14/h2,4,6,9H,3,5,7H2,1H3,(H,13,14). The van der Waals surface area contributed by atoms with Gasteiger partial charge in [-0.25, -0.2) is 0 Å². The maximum absolute atomic E-state index is 10.5. The van der Waals surface area contributed by atoms with Crippen molar-refractivity contribution in [3.63, 3.8) is 0 Å². The van der Waals surface area contributed by atoms with Gasteiger partial charge in [0.2, 0.25) is 0 Å². The van der Waals surface area contributed by atoms with E-state index >= 15 is 0 Å². The van der Waals surface area contributed by atoms with E-state index in [1.54, 1.807) is 0 Å². The van der Waals surface area contributed by atoms with Crippen molar-refractivity contribution in [3.05, 3.63) is 29.3 Å². The smallest absolute Gasteiger partial charge is 0.303 e. The van der Waals surface area contributed by atoms with Crippen LogP contribution in [0.2, 0.25) is 0 Å². The molecule has 1 aromatic rings. The van der Waals surface area contributed by atoms with Crippen LogP contribution in [0.4, 0.5) is 0 Å². The van der Waals surface area contributed by atoms with Gasteiger partial charge < -0.3 is 5.11 Å². The minimum atomic E-state index is -0.693. The molecule has 0 saturated carbocycles. The number of hydrogen-bond donors (Lipinski definition) is 1. The molecule has 0 aliphatic carbocycles. The third-order valence-corrected chi connectivity index (χ3v) is 4.00. The number of thioether (sulfide) groups is 1. The van der Waals surface area contributed by atoms with Gasteiger partial charge in [-0.2, -0.15) is 0 Å². The topological polar surface area (TPSA) is 37.3 Å². The first-order chi connectivity index (χ1) is 7.16. The van der Waals surface area contributed by atoms with Gasteiger partial charge in [-0.1, -0.05) is 17.7 Å². The minimum Gasteiger partial charge on any atom is -0.481 e. The molecule has 1 unspecified atom stereocenters. The Morgan fingerprint density at radius 3 is 3.13 bits per heavy atom. The SMILES string of the molecule is Cc1ccc2c(c1)C(CCC(=O)O)CS2. The summed E-state index contributed by atoms with van der Waals surface area (Å²) in [7, 11) is 0. The number of aryl methyl sites for hydroxylation is 1. The van der Waals surface area contributed by atoms with Crippen LogP contribution in [0.15, 0.2) is 23.1 Å². The van der Waals surface area contributed by atoms with Crippen molar-refractivity contribution in [2.24, 2.45) is 0 Å². The Labute approximate surface area is 93.7 Å². The second-order valence-electron chi connectivity index (χ2n) is 3.98. The average Bonchev–Trinajstić information content (AvgIpc) is 2.57. The van der Waals surface area contributed by atoms with Gasteiger partial charge in [0.05, 0.1) is 0 Å². The summed E-state index contributed by atoms with van der Waals surface area (Å²) >= 11 is 1.84. The lowest BCUT2D eigenvalue weighted by atomic mass is 9.95. The highest BCUT2D eigenvalue weighted by Crippen LogP contribution is 2.41. The quantitative estimate of drug-likeness (QED) is 0.854. The van der Waals surface area contributed by atoms with Gasteiger partial charge in [0.1, 0.15) is 0 Å². The third-order valence-electron chi connectivity index (χ3n) is 2.75. The number of carboxylic acid groups (broad SMARTS) is 1. The van der Waals surface area contributed by atoms with Crippen molar-refractivity contribution in [1.29, 1.82) is 0 Å². The number of rotatable bonds is 3. The third kappa shape index (κ3) is 2.34. The molecule has 1 aromatic carbocycles. The van der Waals surface area contributed by atoms with Gasteiger partial charge in [0.15, 0.2) is 0 Å². The molecule has 0 saturated heterocycles. The molecule has 2 nitrogen and oxygen atoms in total. The summed E-state index contributed by atoms with van der Waals surface area (Å²) in [6.45, 7) is 2.08. The van der Waals surface area contributed by atoms with E-state index in [1.807, 2.05) is 11.8 Å². The van der Waals surface area contributed by atoms with Crippen molar-refractivity contribution >= 4 is 17.7 Å². The highest BCUT2D eigenvalue weighted by Gasteiger charge is 2.23. The zero-order valence-electron chi connectivity index (χ0n) is 8.69. The van der Waals surface area contributed by atoms with Gasteiger partial charge in [0.25, 0.3) is 0 Å². The van der Waals surface area contributed by atoms with E-state index in [0.717, 1.165) is 12.2 Å². The number of benzene rings is 1. The summed E-state index contributed by atoms with van der Waals surface area (Å²) in [5.41, 5.74) is 2.61. The molecule has 0 spiro atoms. The second kappa shape index (κ2) is 4.27. The Balaban J connectivity index is 2.13. The first kappa shape index (κ1) is 10.6. The lowest BCUT2D eigenvalue weighted by molar-refractivity contribution is -0.137. The first-order valence-corrected chi connectivity index (χ1v) is 6.10. The predicted molar refractivity (Wildman–Crippen MR) is 61.5 cm³/mol. The zero-order chi connectivity index (χ0) is 10.8. The molecule has 0 bridgehead atoms. The van der Waals surface area contributed by atoms with Crippen molar-refractivity contribution in [1.82, 2.24) is 0 Å². The molecule has 15 heavy (non-hydrogen) atoms. The van der Waals surface area contributed by atoms with Crippen LogP contribution >= 0.6 is 11.8 Å². The molecular weight excluding hydrogens is 208 g/mol. The molecule has 2 rings (SSSR count). The Morgan fingerprint density at radius 1 is 1.60 bits per heavy atom. The van der Waals surface area contributed by atoms with E-state index in [2.05, 4.69) is 25.1 Å². The van der Waals surface area contributed by atoms with E-state index in [1.165, 1.54) is 16.0 Å².